The number of nitrogens with two attached hydrogens (primary N) is 1. The number of methoxy groups -OCH3 is 1. The average Bonchev–Trinajstić information content (AvgIpc) is 2.36. The molecule has 0 radical (unpaired) electrons. The van der Waals surface area contributed by atoms with Gasteiger partial charge in [-0.1, -0.05) is 12.1 Å². The lowest BCUT2D eigenvalue weighted by molar-refractivity contribution is 0.177. The van der Waals surface area contributed by atoms with E-state index in [0.29, 0.717) is 0 Å². The molecular formula is C10H14N4O5S. The van der Waals surface area contributed by atoms with E-state index < -0.39 is 16.3 Å². The van der Waals surface area contributed by atoms with Gasteiger partial charge in [0.15, 0.2) is 0 Å². The first kappa shape index (κ1) is 15.6. The molecule has 0 spiro atoms. The lowest BCUT2D eigenvalue weighted by Crippen LogP contribution is -2.35. The molecule has 1 aromatic rings. The summed E-state index contributed by atoms with van der Waals surface area (Å²) in [6.45, 7) is -0.191. The lowest BCUT2D eigenvalue weighted by atomic mass is 10.3. The molecule has 110 valence electrons. The largest absolute Gasteiger partial charge is 0.484 e. The number of nitrogens with one attached hydrogen (secondary N) is 3. The summed E-state index contributed by atoms with van der Waals surface area (Å²) in [4.78, 5) is 10.9. The Morgan fingerprint density at radius 2 is 2.05 bits per heavy atom. The first-order valence-corrected chi connectivity index (χ1v) is 6.75. The van der Waals surface area contributed by atoms with E-state index in [2.05, 4.69) is 9.46 Å². The maximum atomic E-state index is 11.6. The van der Waals surface area contributed by atoms with Crippen LogP contribution in [0, 0.1) is 5.41 Å². The number of ether oxygens (including phenoxy) is 2. The van der Waals surface area contributed by atoms with E-state index in [4.69, 9.17) is 15.9 Å². The predicted molar refractivity (Wildman–Crippen MR) is 71.9 cm³/mol. The second-order valence-corrected chi connectivity index (χ2v) is 4.92. The Balaban J connectivity index is 2.86. The number of hydrogen-bond acceptors (Lipinski definition) is 6. The van der Waals surface area contributed by atoms with E-state index in [-0.39, 0.29) is 23.9 Å². The summed E-state index contributed by atoms with van der Waals surface area (Å²) in [6.07, 6.45) is -1.13. The fourth-order valence-corrected chi connectivity index (χ4v) is 1.97. The molecule has 0 saturated carbocycles. The van der Waals surface area contributed by atoms with Gasteiger partial charge in [-0.2, -0.15) is 8.42 Å². The molecule has 0 atom stereocenters. The zero-order valence-electron chi connectivity index (χ0n) is 10.5. The van der Waals surface area contributed by atoms with Crippen LogP contribution in [0.2, 0.25) is 0 Å². The normalized spacial score (nSPS) is 10.4. The van der Waals surface area contributed by atoms with Crippen molar-refractivity contribution in [2.75, 3.05) is 18.4 Å². The van der Waals surface area contributed by atoms with Gasteiger partial charge in [-0.3, -0.25) is 10.1 Å². The Morgan fingerprint density at radius 3 is 2.65 bits per heavy atom. The summed E-state index contributed by atoms with van der Waals surface area (Å²) in [7, 11) is -3.11. The molecule has 0 saturated heterocycles. The topological polar surface area (TPSA) is 144 Å². The number of carbonyl (C=O) groups excluding carboxylic acids is 1. The SMILES string of the molecule is COC(=O)NS(=O)(=O)Nc1ccccc1OCC(=N)N. The smallest absolute Gasteiger partial charge is 0.422 e. The van der Waals surface area contributed by atoms with Gasteiger partial charge in [-0.25, -0.2) is 9.52 Å². The molecule has 1 aromatic carbocycles. The lowest BCUT2D eigenvalue weighted by Gasteiger charge is -2.13. The number of hydrogen-bond donors (Lipinski definition) is 4. The fraction of sp³-hybridized carbons (Fsp3) is 0.200. The Bertz CT molecular complexity index is 601. The zero-order valence-corrected chi connectivity index (χ0v) is 11.4. The Kier molecular flexibility index (Phi) is 5.15. The maximum Gasteiger partial charge on any atom is 0.422 e. The molecular weight excluding hydrogens is 288 g/mol. The highest BCUT2D eigenvalue weighted by Crippen LogP contribution is 2.24. The van der Waals surface area contributed by atoms with Crippen LogP contribution in [-0.2, 0) is 14.9 Å². The Hall–Kier alpha value is -2.49. The van der Waals surface area contributed by atoms with Crippen molar-refractivity contribution in [2.24, 2.45) is 5.73 Å². The van der Waals surface area contributed by atoms with Gasteiger partial charge in [0.05, 0.1) is 12.8 Å². The number of carbonyl (C=O) groups is 1. The molecule has 0 aliphatic rings. The van der Waals surface area contributed by atoms with Crippen molar-refractivity contribution in [3.63, 3.8) is 0 Å². The van der Waals surface area contributed by atoms with Crippen LogP contribution in [0.25, 0.3) is 0 Å². The molecule has 5 N–H and O–H groups in total. The second-order valence-electron chi connectivity index (χ2n) is 3.51. The molecule has 0 heterocycles. The number of rotatable bonds is 6. The minimum atomic E-state index is -4.15. The summed E-state index contributed by atoms with van der Waals surface area (Å²) >= 11 is 0. The van der Waals surface area contributed by atoms with Crippen LogP contribution in [0.15, 0.2) is 24.3 Å². The van der Waals surface area contributed by atoms with Crippen LogP contribution in [0.5, 0.6) is 5.75 Å². The highest BCUT2D eigenvalue weighted by molar-refractivity contribution is 7.91. The first-order chi connectivity index (χ1) is 9.34. The Labute approximate surface area is 115 Å². The van der Waals surface area contributed by atoms with E-state index in [1.54, 1.807) is 16.9 Å². The third-order valence-corrected chi connectivity index (χ3v) is 2.84. The maximum absolute atomic E-state index is 11.6. The van der Waals surface area contributed by atoms with Gasteiger partial charge in [0, 0.05) is 0 Å². The average molecular weight is 302 g/mol. The van der Waals surface area contributed by atoms with Gasteiger partial charge < -0.3 is 15.2 Å². The van der Waals surface area contributed by atoms with Crippen LogP contribution < -0.4 is 19.9 Å². The van der Waals surface area contributed by atoms with Gasteiger partial charge in [0.1, 0.15) is 18.2 Å². The molecule has 10 heteroatoms. The van der Waals surface area contributed by atoms with Gasteiger partial charge in [-0.15, -0.1) is 0 Å². The number of amides is 1. The fourth-order valence-electron chi connectivity index (χ4n) is 1.15. The summed E-state index contributed by atoms with van der Waals surface area (Å²) in [5.74, 6) is -0.0479. The number of anilines is 1. The van der Waals surface area contributed by atoms with E-state index in [0.717, 1.165) is 7.11 Å². The van der Waals surface area contributed by atoms with Gasteiger partial charge in [0.25, 0.3) is 0 Å². The van der Waals surface area contributed by atoms with Crippen LogP contribution in [0.3, 0.4) is 0 Å². The molecule has 0 aromatic heterocycles. The van der Waals surface area contributed by atoms with Crippen molar-refractivity contribution < 1.29 is 22.7 Å². The monoisotopic (exact) mass is 302 g/mol. The van der Waals surface area contributed by atoms with Crippen LogP contribution in [0.4, 0.5) is 10.5 Å². The number of benzene rings is 1. The zero-order chi connectivity index (χ0) is 15.2. The van der Waals surface area contributed by atoms with E-state index in [9.17, 15) is 13.2 Å². The number of amidine groups is 1. The summed E-state index contributed by atoms with van der Waals surface area (Å²) in [6, 6.07) is 6.09. The van der Waals surface area contributed by atoms with Crippen LogP contribution in [0.1, 0.15) is 0 Å². The highest BCUT2D eigenvalue weighted by atomic mass is 32.2. The first-order valence-electron chi connectivity index (χ1n) is 5.27. The minimum absolute atomic E-state index is 0.0881. The summed E-state index contributed by atoms with van der Waals surface area (Å²) < 4.78 is 36.3. The van der Waals surface area contributed by atoms with E-state index >= 15 is 0 Å². The molecule has 9 nitrogen and oxygen atoms in total. The van der Waals surface area contributed by atoms with Crippen molar-refractivity contribution in [1.82, 2.24) is 4.72 Å². The summed E-state index contributed by atoms with van der Waals surface area (Å²) in [5.41, 5.74) is 5.24. The molecule has 20 heavy (non-hydrogen) atoms. The van der Waals surface area contributed by atoms with Gasteiger partial charge in [0.2, 0.25) is 0 Å². The minimum Gasteiger partial charge on any atom is -0.484 e. The Morgan fingerprint density at radius 1 is 1.40 bits per heavy atom. The number of para-hydroxylation sites is 2. The quantitative estimate of drug-likeness (QED) is 0.430. The van der Waals surface area contributed by atoms with Crippen LogP contribution >= 0.6 is 0 Å². The summed E-state index contributed by atoms with van der Waals surface area (Å²) in [5, 5.41) is 7.05. The van der Waals surface area contributed by atoms with Crippen LogP contribution in [-0.4, -0.2) is 34.1 Å². The third-order valence-electron chi connectivity index (χ3n) is 1.92. The van der Waals surface area contributed by atoms with Crippen molar-refractivity contribution in [3.8, 4) is 5.75 Å². The van der Waals surface area contributed by atoms with E-state index in [1.807, 2.05) is 0 Å². The van der Waals surface area contributed by atoms with Gasteiger partial charge in [-0.05, 0) is 12.1 Å². The third kappa shape index (κ3) is 5.02. The van der Waals surface area contributed by atoms with Crippen molar-refractivity contribution in [2.45, 2.75) is 0 Å². The van der Waals surface area contributed by atoms with E-state index in [1.165, 1.54) is 12.1 Å². The molecule has 0 aliphatic heterocycles. The highest BCUT2D eigenvalue weighted by Gasteiger charge is 2.16. The predicted octanol–water partition coefficient (Wildman–Crippen LogP) is 0.0141. The molecule has 0 unspecified atom stereocenters. The van der Waals surface area contributed by atoms with Crippen molar-refractivity contribution in [3.05, 3.63) is 24.3 Å². The molecule has 0 bridgehead atoms. The van der Waals surface area contributed by atoms with Crippen molar-refractivity contribution >= 4 is 27.8 Å². The molecule has 1 amide bonds. The molecule has 1 rings (SSSR count). The standard InChI is InChI=1S/C10H14N4O5S/c1-18-10(15)14-20(16,17)13-7-4-2-3-5-8(7)19-6-9(11)12/h2-5,13H,6H2,1H3,(H3,11,12)(H,14,15). The molecule has 0 fully saturated rings. The van der Waals surface area contributed by atoms with Gasteiger partial charge >= 0.3 is 16.3 Å². The molecule has 0 aliphatic carbocycles. The second kappa shape index (κ2) is 6.61. The van der Waals surface area contributed by atoms with Crippen molar-refractivity contribution in [1.29, 1.82) is 5.41 Å².